The summed E-state index contributed by atoms with van der Waals surface area (Å²) in [6, 6.07) is 9.53. The predicted octanol–water partition coefficient (Wildman–Crippen LogP) is 1.55. The fraction of sp³-hybridized carbons (Fsp3) is 0. The Kier molecular flexibility index (Phi) is 3.27. The van der Waals surface area contributed by atoms with Crippen LogP contribution < -0.4 is 10.5 Å². The first kappa shape index (κ1) is 14.4. The predicted molar refractivity (Wildman–Crippen MR) is 79.0 cm³/mol. The number of hydrogen-bond donors (Lipinski definition) is 2. The number of carbonyl (C=O) groups excluding carboxylic acids is 1. The van der Waals surface area contributed by atoms with Crippen LogP contribution >= 0.6 is 0 Å². The minimum absolute atomic E-state index is 0.0206. The van der Waals surface area contributed by atoms with Crippen molar-refractivity contribution in [3.63, 3.8) is 0 Å². The molecule has 112 valence electrons. The third-order valence-electron chi connectivity index (χ3n) is 3.10. The van der Waals surface area contributed by atoms with Gasteiger partial charge in [0.15, 0.2) is 0 Å². The Morgan fingerprint density at radius 3 is 2.59 bits per heavy atom. The Labute approximate surface area is 125 Å². The number of rotatable bonds is 2. The number of anilines is 1. The number of sulfonamides is 1. The molecule has 0 radical (unpaired) electrons. The van der Waals surface area contributed by atoms with E-state index in [9.17, 15) is 17.6 Å². The Morgan fingerprint density at radius 2 is 1.86 bits per heavy atom. The Bertz CT molecular complexity index is 923. The summed E-state index contributed by atoms with van der Waals surface area (Å²) in [5, 5.41) is 7.66. The molecule has 0 bridgehead atoms. The molecule has 0 unspecified atom stereocenters. The fourth-order valence-corrected chi connectivity index (χ4v) is 2.82. The first-order valence-electron chi connectivity index (χ1n) is 6.18. The highest BCUT2D eigenvalue weighted by atomic mass is 32.2. The number of benzene rings is 2. The molecule has 0 fully saturated rings. The average Bonchev–Trinajstić information content (AvgIpc) is 2.74. The first-order valence-corrected chi connectivity index (χ1v) is 7.73. The van der Waals surface area contributed by atoms with Crippen molar-refractivity contribution >= 4 is 33.0 Å². The molecular formula is C14H10FN3O3S. The monoisotopic (exact) mass is 319 g/mol. The molecule has 6 nitrogen and oxygen atoms in total. The molecule has 0 aliphatic carbocycles. The van der Waals surface area contributed by atoms with Crippen molar-refractivity contribution in [2.24, 2.45) is 10.1 Å². The maximum Gasteiger partial charge on any atom is 0.275 e. The van der Waals surface area contributed by atoms with Crippen LogP contribution in [-0.2, 0) is 14.8 Å². The van der Waals surface area contributed by atoms with Gasteiger partial charge in [0.25, 0.3) is 5.91 Å². The number of amides is 1. The largest absolute Gasteiger partial charge is 0.320 e. The Hall–Kier alpha value is -2.58. The lowest BCUT2D eigenvalue weighted by Gasteiger charge is -2.04. The Morgan fingerprint density at radius 1 is 1.14 bits per heavy atom. The van der Waals surface area contributed by atoms with Crippen LogP contribution in [0.2, 0.25) is 0 Å². The van der Waals surface area contributed by atoms with Crippen LogP contribution in [0, 0.1) is 5.82 Å². The highest BCUT2D eigenvalue weighted by Gasteiger charge is 2.27. The maximum absolute atomic E-state index is 13.4. The smallest absolute Gasteiger partial charge is 0.275 e. The van der Waals surface area contributed by atoms with Gasteiger partial charge in [-0.25, -0.2) is 22.9 Å². The second-order valence-electron chi connectivity index (χ2n) is 4.62. The van der Waals surface area contributed by atoms with Gasteiger partial charge in [-0.3, -0.25) is 4.79 Å². The molecule has 1 aliphatic rings. The zero-order chi connectivity index (χ0) is 15.9. The highest BCUT2D eigenvalue weighted by molar-refractivity contribution is 7.89. The number of nitrogens with zero attached hydrogens (tertiary/aromatic N) is 1. The summed E-state index contributed by atoms with van der Waals surface area (Å²) in [7, 11) is -3.99. The van der Waals surface area contributed by atoms with Crippen molar-refractivity contribution in [3.05, 3.63) is 53.8 Å². The number of hydrogen-bond acceptors (Lipinski definition) is 4. The van der Waals surface area contributed by atoms with Crippen LogP contribution in [-0.4, -0.2) is 20.0 Å². The molecule has 1 heterocycles. The van der Waals surface area contributed by atoms with Gasteiger partial charge < -0.3 is 5.32 Å². The molecule has 0 saturated heterocycles. The van der Waals surface area contributed by atoms with E-state index in [1.165, 1.54) is 30.3 Å². The summed E-state index contributed by atoms with van der Waals surface area (Å²) in [5.41, 5.74) is 0.644. The second kappa shape index (κ2) is 5.00. The van der Waals surface area contributed by atoms with E-state index in [1.807, 2.05) is 0 Å². The van der Waals surface area contributed by atoms with E-state index in [1.54, 1.807) is 6.07 Å². The Balaban J connectivity index is 2.20. The van der Waals surface area contributed by atoms with Crippen LogP contribution in [0.5, 0.6) is 0 Å². The molecule has 3 rings (SSSR count). The van der Waals surface area contributed by atoms with Gasteiger partial charge in [-0.05, 0) is 30.3 Å². The summed E-state index contributed by atoms with van der Waals surface area (Å²) in [6.45, 7) is 0. The molecule has 0 spiro atoms. The SMILES string of the molecule is NS(=O)(=O)c1ccccc1N=C1C(=O)Nc2ccc(F)cc21. The van der Waals surface area contributed by atoms with Gasteiger partial charge in [0.05, 0.1) is 11.4 Å². The van der Waals surface area contributed by atoms with E-state index >= 15 is 0 Å². The molecule has 2 aromatic carbocycles. The minimum atomic E-state index is -3.99. The lowest BCUT2D eigenvalue weighted by atomic mass is 10.1. The van der Waals surface area contributed by atoms with E-state index in [-0.39, 0.29) is 21.9 Å². The van der Waals surface area contributed by atoms with E-state index in [4.69, 9.17) is 5.14 Å². The minimum Gasteiger partial charge on any atom is -0.320 e. The lowest BCUT2D eigenvalue weighted by molar-refractivity contribution is -0.110. The summed E-state index contributed by atoms with van der Waals surface area (Å²) in [6.07, 6.45) is 0. The molecule has 22 heavy (non-hydrogen) atoms. The number of nitrogens with one attached hydrogen (secondary N) is 1. The quantitative estimate of drug-likeness (QED) is 0.878. The van der Waals surface area contributed by atoms with Crippen LogP contribution in [0.15, 0.2) is 52.4 Å². The normalized spacial score (nSPS) is 15.7. The number of halogens is 1. The molecule has 1 amide bonds. The van der Waals surface area contributed by atoms with E-state index in [2.05, 4.69) is 10.3 Å². The van der Waals surface area contributed by atoms with Crippen molar-refractivity contribution in [1.82, 2.24) is 0 Å². The number of fused-ring (bicyclic) bond motifs is 1. The van der Waals surface area contributed by atoms with Gasteiger partial charge in [-0.15, -0.1) is 0 Å². The van der Waals surface area contributed by atoms with E-state index in [0.29, 0.717) is 5.69 Å². The third kappa shape index (κ3) is 2.49. The van der Waals surface area contributed by atoms with Crippen molar-refractivity contribution in [2.45, 2.75) is 4.90 Å². The summed E-state index contributed by atoms with van der Waals surface area (Å²) >= 11 is 0. The fourth-order valence-electron chi connectivity index (χ4n) is 2.15. The number of aliphatic imine (C=N–C) groups is 1. The highest BCUT2D eigenvalue weighted by Crippen LogP contribution is 2.29. The first-order chi connectivity index (χ1) is 10.4. The van der Waals surface area contributed by atoms with Crippen molar-refractivity contribution in [2.75, 3.05) is 5.32 Å². The lowest BCUT2D eigenvalue weighted by Crippen LogP contribution is -2.15. The van der Waals surface area contributed by atoms with Crippen molar-refractivity contribution in [3.8, 4) is 0 Å². The molecule has 3 N–H and O–H groups in total. The van der Waals surface area contributed by atoms with Crippen LogP contribution in [0.1, 0.15) is 5.56 Å². The van der Waals surface area contributed by atoms with E-state index in [0.717, 1.165) is 6.07 Å². The standard InChI is InChI=1S/C14H10FN3O3S/c15-8-5-6-10-9(7-8)13(14(19)18-10)17-11-3-1-2-4-12(11)22(16,20)21/h1-7H,(H2,16,20,21)(H,17,18,19). The summed E-state index contributed by atoms with van der Waals surface area (Å²) in [5.74, 6) is -1.06. The summed E-state index contributed by atoms with van der Waals surface area (Å²) < 4.78 is 36.5. The number of nitrogens with two attached hydrogens (primary N) is 1. The molecule has 0 atom stereocenters. The van der Waals surface area contributed by atoms with Crippen LogP contribution in [0.4, 0.5) is 15.8 Å². The number of para-hydroxylation sites is 1. The van der Waals surface area contributed by atoms with Crippen LogP contribution in [0.25, 0.3) is 0 Å². The number of primary sulfonamides is 1. The van der Waals surface area contributed by atoms with Gasteiger partial charge in [-0.2, -0.15) is 0 Å². The second-order valence-corrected chi connectivity index (χ2v) is 6.15. The average molecular weight is 319 g/mol. The third-order valence-corrected chi connectivity index (χ3v) is 4.06. The zero-order valence-electron chi connectivity index (χ0n) is 11.1. The summed E-state index contributed by atoms with van der Waals surface area (Å²) in [4.78, 5) is 15.8. The molecule has 0 saturated carbocycles. The zero-order valence-corrected chi connectivity index (χ0v) is 11.9. The van der Waals surface area contributed by atoms with Gasteiger partial charge in [0, 0.05) is 5.56 Å². The molecule has 0 aromatic heterocycles. The molecule has 2 aromatic rings. The van der Waals surface area contributed by atoms with Gasteiger partial charge in [0.2, 0.25) is 10.0 Å². The van der Waals surface area contributed by atoms with Gasteiger partial charge in [-0.1, -0.05) is 12.1 Å². The maximum atomic E-state index is 13.4. The topological polar surface area (TPSA) is 102 Å². The molecular weight excluding hydrogens is 309 g/mol. The van der Waals surface area contributed by atoms with Gasteiger partial charge in [0.1, 0.15) is 16.4 Å². The molecule has 8 heteroatoms. The van der Waals surface area contributed by atoms with Gasteiger partial charge >= 0.3 is 0 Å². The number of carbonyl (C=O) groups is 1. The molecule has 1 aliphatic heterocycles. The van der Waals surface area contributed by atoms with Crippen LogP contribution in [0.3, 0.4) is 0 Å². The van der Waals surface area contributed by atoms with E-state index < -0.39 is 21.7 Å². The van der Waals surface area contributed by atoms with Crippen molar-refractivity contribution in [1.29, 1.82) is 0 Å². The van der Waals surface area contributed by atoms with Crippen molar-refractivity contribution < 1.29 is 17.6 Å².